The van der Waals surface area contributed by atoms with Crippen molar-refractivity contribution in [2.45, 2.75) is 37.4 Å². The molecule has 2 saturated heterocycles. The third-order valence-electron chi connectivity index (χ3n) is 6.38. The molecule has 7 heteroatoms. The van der Waals surface area contributed by atoms with Gasteiger partial charge in [0.15, 0.2) is 11.5 Å². The van der Waals surface area contributed by atoms with Crippen LogP contribution in [-0.2, 0) is 11.2 Å². The van der Waals surface area contributed by atoms with Crippen LogP contribution in [0, 0.1) is 5.92 Å². The second-order valence-electron chi connectivity index (χ2n) is 7.90. The molecule has 0 radical (unpaired) electrons. The molecule has 1 aromatic carbocycles. The van der Waals surface area contributed by atoms with E-state index in [9.17, 15) is 9.18 Å². The normalized spacial score (nSPS) is 30.8. The monoisotopic (exact) mass is 377 g/mol. The highest BCUT2D eigenvalue weighted by molar-refractivity contribution is 5.79. The molecule has 0 aromatic heterocycles. The summed E-state index contributed by atoms with van der Waals surface area (Å²) in [4.78, 5) is 16.6. The Morgan fingerprint density at radius 1 is 1.22 bits per heavy atom. The number of methoxy groups -OCH3 is 2. The van der Waals surface area contributed by atoms with Gasteiger partial charge in [-0.05, 0) is 36.1 Å². The fourth-order valence-electron chi connectivity index (χ4n) is 4.93. The van der Waals surface area contributed by atoms with Crippen molar-refractivity contribution in [1.82, 2.24) is 9.80 Å². The largest absolute Gasteiger partial charge is 0.493 e. The molecule has 2 fully saturated rings. The van der Waals surface area contributed by atoms with Crippen LogP contribution in [0.25, 0.3) is 0 Å². The fraction of sp³-hybridized carbons (Fsp3) is 0.650. The van der Waals surface area contributed by atoms with Crippen LogP contribution in [0.4, 0.5) is 4.39 Å². The topological polar surface area (TPSA) is 68.0 Å². The Kier molecular flexibility index (Phi) is 4.99. The number of likely N-dealkylation sites (tertiary alicyclic amines) is 1. The molecular weight excluding hydrogens is 349 g/mol. The number of fused-ring (bicyclic) bond motifs is 3. The Balaban J connectivity index is 1.57. The smallest absolute Gasteiger partial charge is 0.223 e. The van der Waals surface area contributed by atoms with Crippen molar-refractivity contribution in [1.29, 1.82) is 0 Å². The van der Waals surface area contributed by atoms with Crippen molar-refractivity contribution in [2.24, 2.45) is 11.7 Å². The number of piperidine rings is 1. The SMILES string of the molecule is COc1cc2c(cc1OC)[C@@H]1C[C@H](N)C(N3C[C@@H](CF)CC3=O)CN1CC2. The van der Waals surface area contributed by atoms with Gasteiger partial charge in [0.25, 0.3) is 0 Å². The maximum atomic E-state index is 13.0. The molecule has 148 valence electrons. The van der Waals surface area contributed by atoms with Gasteiger partial charge in [0, 0.05) is 44.1 Å². The number of carbonyl (C=O) groups is 1. The summed E-state index contributed by atoms with van der Waals surface area (Å²) in [6.07, 6.45) is 2.01. The van der Waals surface area contributed by atoms with Crippen molar-refractivity contribution >= 4 is 5.91 Å². The fourth-order valence-corrected chi connectivity index (χ4v) is 4.93. The third-order valence-corrected chi connectivity index (χ3v) is 6.38. The molecule has 1 amide bonds. The standard InChI is InChI=1S/C20H28FN3O3/c1-26-18-6-13-3-4-23-11-17(24-10-12(9-21)5-20(24)25)15(22)8-16(23)14(13)7-19(18)27-2/h6-7,12,15-17H,3-5,8-11,22H2,1-2H3/t12-,15+,16+,17?/m1/s1. The molecule has 1 aromatic rings. The maximum Gasteiger partial charge on any atom is 0.223 e. The predicted octanol–water partition coefficient (Wildman–Crippen LogP) is 1.52. The van der Waals surface area contributed by atoms with E-state index >= 15 is 0 Å². The summed E-state index contributed by atoms with van der Waals surface area (Å²) >= 11 is 0. The summed E-state index contributed by atoms with van der Waals surface area (Å²) in [5.74, 6) is 1.35. The molecule has 0 saturated carbocycles. The number of nitrogens with two attached hydrogens (primary N) is 1. The van der Waals surface area contributed by atoms with Gasteiger partial charge in [-0.1, -0.05) is 0 Å². The number of hydrogen-bond donors (Lipinski definition) is 1. The molecule has 1 unspecified atom stereocenters. The molecule has 4 rings (SSSR count). The van der Waals surface area contributed by atoms with Gasteiger partial charge in [0.2, 0.25) is 5.91 Å². The molecule has 27 heavy (non-hydrogen) atoms. The molecule has 6 nitrogen and oxygen atoms in total. The van der Waals surface area contributed by atoms with Gasteiger partial charge in [0.1, 0.15) is 0 Å². The van der Waals surface area contributed by atoms with E-state index in [0.29, 0.717) is 13.0 Å². The molecule has 3 aliphatic rings. The lowest BCUT2D eigenvalue weighted by Crippen LogP contribution is -2.60. The minimum atomic E-state index is -0.439. The summed E-state index contributed by atoms with van der Waals surface area (Å²) in [5.41, 5.74) is 9.04. The Hall–Kier alpha value is -1.86. The molecular formula is C20H28FN3O3. The number of nitrogens with zero attached hydrogens (tertiary/aromatic N) is 2. The quantitative estimate of drug-likeness (QED) is 0.862. The van der Waals surface area contributed by atoms with Crippen molar-refractivity contribution in [3.63, 3.8) is 0 Å². The number of carbonyl (C=O) groups excluding carboxylic acids is 1. The van der Waals surface area contributed by atoms with Crippen molar-refractivity contribution in [3.8, 4) is 11.5 Å². The van der Waals surface area contributed by atoms with Crippen LogP contribution < -0.4 is 15.2 Å². The Morgan fingerprint density at radius 3 is 2.63 bits per heavy atom. The summed E-state index contributed by atoms with van der Waals surface area (Å²) in [6.45, 7) is 1.72. The van der Waals surface area contributed by atoms with E-state index in [0.717, 1.165) is 37.4 Å². The van der Waals surface area contributed by atoms with E-state index in [1.807, 2.05) is 4.90 Å². The van der Waals surface area contributed by atoms with Crippen LogP contribution >= 0.6 is 0 Å². The second-order valence-corrected chi connectivity index (χ2v) is 7.90. The minimum absolute atomic E-state index is 0.0352. The Bertz CT molecular complexity index is 729. The molecule has 2 N–H and O–H groups in total. The van der Waals surface area contributed by atoms with Crippen molar-refractivity contribution in [2.75, 3.05) is 40.5 Å². The average Bonchev–Trinajstić information content (AvgIpc) is 3.06. The molecule has 3 heterocycles. The average molecular weight is 377 g/mol. The third kappa shape index (κ3) is 3.17. The lowest BCUT2D eigenvalue weighted by Gasteiger charge is -2.48. The van der Waals surface area contributed by atoms with Gasteiger partial charge < -0.3 is 20.1 Å². The van der Waals surface area contributed by atoms with E-state index in [-0.39, 0.29) is 30.0 Å². The van der Waals surface area contributed by atoms with E-state index in [4.69, 9.17) is 15.2 Å². The highest BCUT2D eigenvalue weighted by Gasteiger charge is 2.44. The van der Waals surface area contributed by atoms with Crippen molar-refractivity contribution in [3.05, 3.63) is 23.3 Å². The molecule has 4 atom stereocenters. The van der Waals surface area contributed by atoms with Gasteiger partial charge in [-0.25, -0.2) is 0 Å². The first kappa shape index (κ1) is 18.5. The zero-order valence-electron chi connectivity index (χ0n) is 16.0. The molecule has 0 bridgehead atoms. The zero-order chi connectivity index (χ0) is 19.1. The van der Waals surface area contributed by atoms with Crippen LogP contribution in [0.15, 0.2) is 12.1 Å². The summed E-state index contributed by atoms with van der Waals surface area (Å²) in [7, 11) is 3.30. The van der Waals surface area contributed by atoms with Crippen LogP contribution in [0.1, 0.15) is 30.0 Å². The number of alkyl halides is 1. The molecule has 0 aliphatic carbocycles. The lowest BCUT2D eigenvalue weighted by molar-refractivity contribution is -0.131. The van der Waals surface area contributed by atoms with Gasteiger partial charge in [-0.15, -0.1) is 0 Å². The van der Waals surface area contributed by atoms with Gasteiger partial charge >= 0.3 is 0 Å². The van der Waals surface area contributed by atoms with E-state index in [1.165, 1.54) is 11.1 Å². The number of benzene rings is 1. The number of halogens is 1. The minimum Gasteiger partial charge on any atom is -0.493 e. The van der Waals surface area contributed by atoms with Crippen LogP contribution in [-0.4, -0.2) is 68.3 Å². The maximum absolute atomic E-state index is 13.0. The highest BCUT2D eigenvalue weighted by atomic mass is 19.1. The van der Waals surface area contributed by atoms with Gasteiger partial charge in [0.05, 0.1) is 26.9 Å². The lowest BCUT2D eigenvalue weighted by atomic mass is 9.83. The van der Waals surface area contributed by atoms with Gasteiger partial charge in [-0.2, -0.15) is 0 Å². The summed E-state index contributed by atoms with van der Waals surface area (Å²) in [5, 5.41) is 0. The summed E-state index contributed by atoms with van der Waals surface area (Å²) < 4.78 is 24.0. The van der Waals surface area contributed by atoms with Crippen LogP contribution in [0.2, 0.25) is 0 Å². The van der Waals surface area contributed by atoms with E-state index in [2.05, 4.69) is 17.0 Å². The van der Waals surface area contributed by atoms with E-state index < -0.39 is 6.67 Å². The number of hydrogen-bond acceptors (Lipinski definition) is 5. The van der Waals surface area contributed by atoms with E-state index in [1.54, 1.807) is 14.2 Å². The van der Waals surface area contributed by atoms with Crippen molar-refractivity contribution < 1.29 is 18.7 Å². The Labute approximate surface area is 159 Å². The number of ether oxygens (including phenoxy) is 2. The first-order valence-electron chi connectivity index (χ1n) is 9.65. The first-order chi connectivity index (χ1) is 13.0. The summed E-state index contributed by atoms with van der Waals surface area (Å²) in [6, 6.07) is 4.20. The zero-order valence-corrected chi connectivity index (χ0v) is 16.0. The number of amides is 1. The van der Waals surface area contributed by atoms with Gasteiger partial charge in [-0.3, -0.25) is 14.1 Å². The predicted molar refractivity (Wildman–Crippen MR) is 99.7 cm³/mol. The highest BCUT2D eigenvalue weighted by Crippen LogP contribution is 2.42. The van der Waals surface area contributed by atoms with Crippen LogP contribution in [0.5, 0.6) is 11.5 Å². The van der Waals surface area contributed by atoms with Crippen LogP contribution in [0.3, 0.4) is 0 Å². The first-order valence-corrected chi connectivity index (χ1v) is 9.65. The Morgan fingerprint density at radius 2 is 1.96 bits per heavy atom. The second kappa shape index (κ2) is 7.28. The molecule has 0 spiro atoms. The number of rotatable bonds is 4. The molecule has 3 aliphatic heterocycles.